The summed E-state index contributed by atoms with van der Waals surface area (Å²) in [4.78, 5) is 0. The van der Waals surface area contributed by atoms with Crippen LogP contribution in [-0.2, 0) is 4.74 Å². The highest BCUT2D eigenvalue weighted by Gasteiger charge is 2.40. The zero-order valence-electron chi connectivity index (χ0n) is 5.57. The number of hydrogen-bond donors (Lipinski definition) is 1. The molecule has 0 aromatic heterocycles. The lowest BCUT2D eigenvalue weighted by Gasteiger charge is -2.15. The van der Waals surface area contributed by atoms with Crippen molar-refractivity contribution in [3.05, 3.63) is 0 Å². The van der Waals surface area contributed by atoms with Crippen LogP contribution in [0.4, 0.5) is 13.2 Å². The lowest BCUT2D eigenvalue weighted by Crippen LogP contribution is -2.29. The van der Waals surface area contributed by atoms with Crippen molar-refractivity contribution in [3.63, 3.8) is 0 Å². The number of aliphatic hydroxyl groups is 1. The second-order valence-corrected chi connectivity index (χ2v) is 2.17. The minimum Gasteiger partial charge on any atom is -0.396 e. The van der Waals surface area contributed by atoms with Gasteiger partial charge >= 0.3 is 6.11 Å². The molecule has 0 rings (SSSR count). The fourth-order valence-corrected chi connectivity index (χ4v) is 0.399. The molecule has 11 heavy (non-hydrogen) atoms. The van der Waals surface area contributed by atoms with Crippen LogP contribution in [0, 0.1) is 0 Å². The smallest absolute Gasteiger partial charge is 0.396 e. The Balaban J connectivity index is 3.55. The van der Waals surface area contributed by atoms with Crippen molar-refractivity contribution in [1.82, 2.24) is 0 Å². The molecule has 0 spiro atoms. The Kier molecular flexibility index (Phi) is 4.79. The van der Waals surface area contributed by atoms with E-state index >= 15 is 0 Å². The first-order valence-electron chi connectivity index (χ1n) is 2.91. The molecule has 0 aliphatic rings. The highest BCUT2D eigenvalue weighted by molar-refractivity contribution is 6.20. The van der Waals surface area contributed by atoms with Gasteiger partial charge in [-0.3, -0.25) is 0 Å². The molecule has 6 heteroatoms. The van der Waals surface area contributed by atoms with E-state index in [9.17, 15) is 13.2 Å². The van der Waals surface area contributed by atoms with Crippen LogP contribution < -0.4 is 0 Å². The third-order valence-electron chi connectivity index (χ3n) is 0.851. The molecule has 0 aliphatic carbocycles. The number of halogens is 4. The van der Waals surface area contributed by atoms with Gasteiger partial charge in [0.25, 0.3) is 5.63 Å². The first kappa shape index (κ1) is 11.0. The quantitative estimate of drug-likeness (QED) is 0.529. The van der Waals surface area contributed by atoms with Gasteiger partial charge in [0.2, 0.25) is 0 Å². The maximum atomic E-state index is 12.1. The number of hydrogen-bond acceptors (Lipinski definition) is 2. The fourth-order valence-electron chi connectivity index (χ4n) is 0.336. The monoisotopic (exact) mass is 192 g/mol. The Labute approximate surface area is 66.9 Å². The molecule has 0 saturated carbocycles. The van der Waals surface area contributed by atoms with Gasteiger partial charge in [-0.2, -0.15) is 8.78 Å². The lowest BCUT2D eigenvalue weighted by atomic mass is 10.5. The Hall–Kier alpha value is -0.0000000000000000555. The maximum absolute atomic E-state index is 12.1. The van der Waals surface area contributed by atoms with E-state index in [4.69, 9.17) is 5.11 Å². The largest absolute Gasteiger partial charge is 0.400 e. The highest BCUT2D eigenvalue weighted by Crippen LogP contribution is 2.25. The summed E-state index contributed by atoms with van der Waals surface area (Å²) in [6, 6.07) is 0. The summed E-state index contributed by atoms with van der Waals surface area (Å²) in [7, 11) is 0. The highest BCUT2D eigenvalue weighted by atomic mass is 35.5. The number of alkyl halides is 4. The van der Waals surface area contributed by atoms with Crippen LogP contribution in [0.25, 0.3) is 0 Å². The van der Waals surface area contributed by atoms with Crippen molar-refractivity contribution in [3.8, 4) is 0 Å². The van der Waals surface area contributed by atoms with Crippen molar-refractivity contribution in [2.45, 2.75) is 18.2 Å². The Morgan fingerprint density at radius 2 is 2.09 bits per heavy atom. The van der Waals surface area contributed by atoms with E-state index in [-0.39, 0.29) is 13.0 Å². The van der Waals surface area contributed by atoms with Gasteiger partial charge in [-0.1, -0.05) is 11.6 Å². The summed E-state index contributed by atoms with van der Waals surface area (Å²) in [5.41, 5.74) is -2.85. The van der Waals surface area contributed by atoms with Crippen LogP contribution in [0.1, 0.15) is 6.42 Å². The number of aliphatic hydroxyl groups excluding tert-OH is 1. The van der Waals surface area contributed by atoms with Crippen molar-refractivity contribution < 1.29 is 23.0 Å². The molecule has 1 atom stereocenters. The summed E-state index contributed by atoms with van der Waals surface area (Å²) in [6.07, 6.45) is -3.93. The minimum absolute atomic E-state index is 0.0270. The SMILES string of the molecule is OCCCOC(F)(F)[C@@H](F)Cl. The summed E-state index contributed by atoms with van der Waals surface area (Å²) < 4.78 is 39.6. The lowest BCUT2D eigenvalue weighted by molar-refractivity contribution is -0.257. The molecule has 0 fully saturated rings. The van der Waals surface area contributed by atoms with Crippen LogP contribution >= 0.6 is 11.6 Å². The van der Waals surface area contributed by atoms with Gasteiger partial charge in [0.1, 0.15) is 0 Å². The van der Waals surface area contributed by atoms with E-state index in [1.165, 1.54) is 0 Å². The Morgan fingerprint density at radius 3 is 2.45 bits per heavy atom. The van der Waals surface area contributed by atoms with Gasteiger partial charge in [-0.05, 0) is 6.42 Å². The summed E-state index contributed by atoms with van der Waals surface area (Å²) in [6.45, 7) is -0.702. The van der Waals surface area contributed by atoms with Gasteiger partial charge < -0.3 is 9.84 Å². The van der Waals surface area contributed by atoms with Crippen molar-refractivity contribution in [1.29, 1.82) is 0 Å². The minimum atomic E-state index is -3.96. The van der Waals surface area contributed by atoms with Crippen LogP contribution in [0.5, 0.6) is 0 Å². The zero-order chi connectivity index (χ0) is 8.91. The van der Waals surface area contributed by atoms with E-state index in [0.717, 1.165) is 0 Å². The summed E-state index contributed by atoms with van der Waals surface area (Å²) in [5.74, 6) is 0. The predicted octanol–water partition coefficient (Wildman–Crippen LogP) is 1.51. The third kappa shape index (κ3) is 4.44. The van der Waals surface area contributed by atoms with Crippen molar-refractivity contribution in [2.24, 2.45) is 0 Å². The molecule has 2 nitrogen and oxygen atoms in total. The molecule has 0 heterocycles. The Morgan fingerprint density at radius 1 is 1.55 bits per heavy atom. The average Bonchev–Trinajstić information content (AvgIpc) is 1.88. The van der Waals surface area contributed by atoms with E-state index < -0.39 is 18.3 Å². The molecule has 1 N–H and O–H groups in total. The summed E-state index contributed by atoms with van der Waals surface area (Å²) >= 11 is 4.44. The van der Waals surface area contributed by atoms with Gasteiger partial charge in [-0.15, -0.1) is 0 Å². The molecular formula is C5H8ClF3O2. The first-order valence-corrected chi connectivity index (χ1v) is 3.35. The van der Waals surface area contributed by atoms with E-state index in [0.29, 0.717) is 0 Å². The molecular weight excluding hydrogens is 184 g/mol. The average molecular weight is 193 g/mol. The molecule has 0 amide bonds. The van der Waals surface area contributed by atoms with Crippen molar-refractivity contribution in [2.75, 3.05) is 13.2 Å². The molecule has 0 aliphatic heterocycles. The van der Waals surface area contributed by atoms with E-state index in [1.54, 1.807) is 0 Å². The second-order valence-electron chi connectivity index (χ2n) is 1.79. The fraction of sp³-hybridized carbons (Fsp3) is 1.00. The Bertz CT molecular complexity index is 110. The molecule has 0 radical (unpaired) electrons. The maximum Gasteiger partial charge on any atom is 0.400 e. The standard InChI is InChI=1S/C5H8ClF3O2/c6-4(7)5(8,9)11-3-1-2-10/h4,10H,1-3H2/t4-/m1/s1. The van der Waals surface area contributed by atoms with Gasteiger partial charge in [0.05, 0.1) is 6.61 Å². The van der Waals surface area contributed by atoms with Gasteiger partial charge in [-0.25, -0.2) is 4.39 Å². The second kappa shape index (κ2) is 4.79. The topological polar surface area (TPSA) is 29.5 Å². The van der Waals surface area contributed by atoms with Gasteiger partial charge in [0, 0.05) is 6.61 Å². The number of ether oxygens (including phenoxy) is 1. The van der Waals surface area contributed by atoms with Crippen molar-refractivity contribution >= 4 is 11.6 Å². The van der Waals surface area contributed by atoms with Crippen LogP contribution in [0.2, 0.25) is 0 Å². The van der Waals surface area contributed by atoms with Crippen LogP contribution in [-0.4, -0.2) is 30.1 Å². The van der Waals surface area contributed by atoms with Gasteiger partial charge in [0.15, 0.2) is 0 Å². The van der Waals surface area contributed by atoms with Crippen LogP contribution in [0.3, 0.4) is 0 Å². The predicted molar refractivity (Wildman–Crippen MR) is 33.4 cm³/mol. The molecule has 0 aromatic rings. The first-order chi connectivity index (χ1) is 5.00. The normalized spacial score (nSPS) is 15.0. The number of rotatable bonds is 5. The van der Waals surface area contributed by atoms with E-state index in [2.05, 4.69) is 16.3 Å². The molecule has 0 aromatic carbocycles. The molecule has 0 saturated heterocycles. The summed E-state index contributed by atoms with van der Waals surface area (Å²) in [5, 5.41) is 8.15. The van der Waals surface area contributed by atoms with E-state index in [1.807, 2.05) is 0 Å². The molecule has 0 unspecified atom stereocenters. The third-order valence-corrected chi connectivity index (χ3v) is 1.11. The zero-order valence-corrected chi connectivity index (χ0v) is 6.32. The van der Waals surface area contributed by atoms with Crippen LogP contribution in [0.15, 0.2) is 0 Å². The molecule has 0 bridgehead atoms. The molecule has 68 valence electrons.